The van der Waals surface area contributed by atoms with Gasteiger partial charge in [0.25, 0.3) is 0 Å². The Bertz CT molecular complexity index is 111. The molecule has 0 saturated heterocycles. The number of aliphatic hydroxyl groups excluding tert-OH is 1. The fourth-order valence-corrected chi connectivity index (χ4v) is 3.90. The van der Waals surface area contributed by atoms with Crippen LogP contribution in [0.25, 0.3) is 0 Å². The number of hydrogen-bond acceptors (Lipinski definition) is 3. The zero-order valence-corrected chi connectivity index (χ0v) is 11.8. The fourth-order valence-electron chi connectivity index (χ4n) is 1.37. The molecule has 0 saturated carbocycles. The highest BCUT2D eigenvalue weighted by atomic mass is 31.1. The van der Waals surface area contributed by atoms with Gasteiger partial charge in [0.05, 0.1) is 6.61 Å². The minimum Gasteiger partial charge on any atom is -0.395 e. The summed E-state index contributed by atoms with van der Waals surface area (Å²) in [7, 11) is 2.00. The number of rotatable bonds is 6. The molecule has 94 valence electrons. The minimum atomic E-state index is 0.196. The van der Waals surface area contributed by atoms with Crippen LogP contribution in [0.4, 0.5) is 0 Å². The van der Waals surface area contributed by atoms with E-state index in [2.05, 4.69) is 33.0 Å². The molecule has 0 fully saturated rings. The molecule has 0 aliphatic heterocycles. The van der Waals surface area contributed by atoms with E-state index in [0.717, 1.165) is 17.9 Å². The van der Waals surface area contributed by atoms with E-state index in [-0.39, 0.29) is 14.5 Å². The van der Waals surface area contributed by atoms with E-state index in [1.54, 1.807) is 7.05 Å². The van der Waals surface area contributed by atoms with Crippen molar-refractivity contribution in [2.24, 2.45) is 5.73 Å². The van der Waals surface area contributed by atoms with Crippen LogP contribution in [0.15, 0.2) is 0 Å². The predicted molar refractivity (Wildman–Crippen MR) is 72.1 cm³/mol. The summed E-state index contributed by atoms with van der Waals surface area (Å²) >= 11 is 0. The molecule has 15 heavy (non-hydrogen) atoms. The Morgan fingerprint density at radius 3 is 1.73 bits per heavy atom. The largest absolute Gasteiger partial charge is 0.395 e. The second kappa shape index (κ2) is 12.4. The van der Waals surface area contributed by atoms with Gasteiger partial charge in [-0.15, -0.1) is 7.92 Å². The lowest BCUT2D eigenvalue weighted by Gasteiger charge is -2.24. The van der Waals surface area contributed by atoms with Crippen molar-refractivity contribution in [3.05, 3.63) is 0 Å². The van der Waals surface area contributed by atoms with Crippen molar-refractivity contribution in [3.8, 4) is 0 Å². The number of likely N-dealkylation sites (N-methyl/N-ethyl adjacent to an activating group) is 1. The minimum absolute atomic E-state index is 0.196. The lowest BCUT2D eigenvalue weighted by atomic mass is 10.5. The summed E-state index contributed by atoms with van der Waals surface area (Å²) in [5, 5.41) is 10.8. The summed E-state index contributed by atoms with van der Waals surface area (Å²) in [4.78, 5) is 0. The molecular weight excluding hydrogens is 207 g/mol. The van der Waals surface area contributed by atoms with Crippen molar-refractivity contribution in [1.82, 2.24) is 5.32 Å². The first-order valence-corrected chi connectivity index (χ1v) is 7.39. The van der Waals surface area contributed by atoms with Crippen LogP contribution in [0.5, 0.6) is 0 Å². The molecule has 4 heteroatoms. The summed E-state index contributed by atoms with van der Waals surface area (Å²) in [5.74, 6) is 0. The van der Waals surface area contributed by atoms with Gasteiger partial charge in [-0.2, -0.15) is 0 Å². The SMILES string of the molecule is CC(C)P(CCN)C(C)C.CNCCO. The van der Waals surface area contributed by atoms with E-state index >= 15 is 0 Å². The Labute approximate surface area is 96.6 Å². The molecule has 0 aliphatic carbocycles. The number of aliphatic hydroxyl groups is 1. The number of nitrogens with one attached hydrogen (secondary N) is 1. The van der Waals surface area contributed by atoms with Crippen molar-refractivity contribution in [3.63, 3.8) is 0 Å². The van der Waals surface area contributed by atoms with Crippen molar-refractivity contribution < 1.29 is 5.11 Å². The molecule has 0 heterocycles. The van der Waals surface area contributed by atoms with Crippen molar-refractivity contribution >= 4 is 7.92 Å². The van der Waals surface area contributed by atoms with Crippen molar-refractivity contribution in [2.75, 3.05) is 32.9 Å². The monoisotopic (exact) mass is 236 g/mol. The molecule has 0 radical (unpaired) electrons. The first-order valence-electron chi connectivity index (χ1n) is 5.72. The Morgan fingerprint density at radius 1 is 1.20 bits per heavy atom. The van der Waals surface area contributed by atoms with Gasteiger partial charge in [-0.25, -0.2) is 0 Å². The van der Waals surface area contributed by atoms with Gasteiger partial charge < -0.3 is 16.2 Å². The van der Waals surface area contributed by atoms with Gasteiger partial charge in [0.1, 0.15) is 0 Å². The third kappa shape index (κ3) is 12.2. The van der Waals surface area contributed by atoms with E-state index in [1.807, 2.05) is 0 Å². The van der Waals surface area contributed by atoms with Gasteiger partial charge in [-0.3, -0.25) is 0 Å². The van der Waals surface area contributed by atoms with Crippen molar-refractivity contribution in [1.29, 1.82) is 0 Å². The van der Waals surface area contributed by atoms with E-state index in [1.165, 1.54) is 6.16 Å². The lowest BCUT2D eigenvalue weighted by molar-refractivity contribution is 0.296. The Balaban J connectivity index is 0. The zero-order valence-electron chi connectivity index (χ0n) is 11.0. The van der Waals surface area contributed by atoms with Crippen LogP contribution in [0, 0.1) is 0 Å². The molecule has 0 unspecified atom stereocenters. The van der Waals surface area contributed by atoms with Gasteiger partial charge in [0.15, 0.2) is 0 Å². The van der Waals surface area contributed by atoms with Crippen LogP contribution in [0.2, 0.25) is 0 Å². The summed E-state index contributed by atoms with van der Waals surface area (Å²) in [5.41, 5.74) is 7.21. The van der Waals surface area contributed by atoms with Crippen LogP contribution >= 0.6 is 7.92 Å². The highest BCUT2D eigenvalue weighted by molar-refractivity contribution is 7.59. The Kier molecular flexibility index (Phi) is 14.6. The van der Waals surface area contributed by atoms with Gasteiger partial charge in [0.2, 0.25) is 0 Å². The van der Waals surface area contributed by atoms with Crippen LogP contribution < -0.4 is 11.1 Å². The predicted octanol–water partition coefficient (Wildman–Crippen LogP) is 1.44. The maximum absolute atomic E-state index is 8.00. The quantitative estimate of drug-likeness (QED) is 0.612. The fraction of sp³-hybridized carbons (Fsp3) is 1.00. The molecule has 3 nitrogen and oxygen atoms in total. The standard InChI is InChI=1S/C8H20NP.C3H9NO/c1-7(2)10(6-5-9)8(3)4;1-4-2-3-5/h7-8H,5-6,9H2,1-4H3;4-5H,2-3H2,1H3. The molecule has 0 bridgehead atoms. The van der Waals surface area contributed by atoms with Crippen LogP contribution in [0.1, 0.15) is 27.7 Å². The van der Waals surface area contributed by atoms with Crippen molar-refractivity contribution in [2.45, 2.75) is 39.0 Å². The zero-order chi connectivity index (χ0) is 12.3. The second-order valence-corrected chi connectivity index (χ2v) is 7.58. The molecule has 0 atom stereocenters. The second-order valence-electron chi connectivity index (χ2n) is 4.04. The molecule has 4 N–H and O–H groups in total. The molecule has 0 aromatic heterocycles. The lowest BCUT2D eigenvalue weighted by Crippen LogP contribution is -2.12. The highest BCUT2D eigenvalue weighted by Gasteiger charge is 2.14. The molecule has 0 aromatic rings. The van der Waals surface area contributed by atoms with Crippen LogP contribution in [0.3, 0.4) is 0 Å². The maximum atomic E-state index is 8.00. The molecule has 0 amide bonds. The number of hydrogen-bond donors (Lipinski definition) is 3. The van der Waals surface area contributed by atoms with Gasteiger partial charge in [0, 0.05) is 6.54 Å². The average molecular weight is 236 g/mol. The third-order valence-electron chi connectivity index (χ3n) is 2.08. The van der Waals surface area contributed by atoms with Crippen LogP contribution in [-0.2, 0) is 0 Å². The number of nitrogens with two attached hydrogens (primary N) is 1. The Morgan fingerprint density at radius 2 is 1.67 bits per heavy atom. The summed E-state index contributed by atoms with van der Waals surface area (Å²) < 4.78 is 0. The average Bonchev–Trinajstić information content (AvgIpc) is 2.15. The first kappa shape index (κ1) is 17.7. The first-order chi connectivity index (χ1) is 7.01. The van der Waals surface area contributed by atoms with E-state index < -0.39 is 0 Å². The summed E-state index contributed by atoms with van der Waals surface area (Å²) in [6.07, 6.45) is 1.24. The van der Waals surface area contributed by atoms with Gasteiger partial charge >= 0.3 is 0 Å². The molecular formula is C11H29N2OP. The van der Waals surface area contributed by atoms with Gasteiger partial charge in [-0.05, 0) is 31.1 Å². The highest BCUT2D eigenvalue weighted by Crippen LogP contribution is 2.44. The Hall–Kier alpha value is 0.310. The maximum Gasteiger partial charge on any atom is 0.0555 e. The van der Waals surface area contributed by atoms with E-state index in [4.69, 9.17) is 10.8 Å². The third-order valence-corrected chi connectivity index (χ3v) is 5.50. The smallest absolute Gasteiger partial charge is 0.0555 e. The molecule has 0 aromatic carbocycles. The van der Waals surface area contributed by atoms with Gasteiger partial charge in [-0.1, -0.05) is 27.7 Å². The molecule has 0 aliphatic rings. The molecule has 0 spiro atoms. The van der Waals surface area contributed by atoms with E-state index in [0.29, 0.717) is 6.54 Å². The summed E-state index contributed by atoms with van der Waals surface area (Å²) in [6, 6.07) is 0. The normalized spacial score (nSPS) is 10.8. The summed E-state index contributed by atoms with van der Waals surface area (Å²) in [6.45, 7) is 11.0. The van der Waals surface area contributed by atoms with Crippen LogP contribution in [-0.4, -0.2) is 49.3 Å². The molecule has 0 rings (SSSR count). The van der Waals surface area contributed by atoms with E-state index in [9.17, 15) is 0 Å². The topological polar surface area (TPSA) is 58.3 Å².